The van der Waals surface area contributed by atoms with E-state index >= 15 is 0 Å². The summed E-state index contributed by atoms with van der Waals surface area (Å²) in [5.74, 6) is -0.0708. The zero-order chi connectivity index (χ0) is 25.8. The molecule has 0 atom stereocenters. The molecule has 1 aliphatic rings. The average Bonchev–Trinajstić information content (AvgIpc) is 2.88. The minimum Gasteiger partial charge on any atom is -0.489 e. The van der Waals surface area contributed by atoms with E-state index in [0.717, 1.165) is 28.1 Å². The van der Waals surface area contributed by atoms with Crippen LogP contribution in [-0.2, 0) is 27.6 Å². The molecule has 3 aromatic rings. The fraction of sp³-hybridized carbons (Fsp3) is 0.269. The molecule has 1 amide bonds. The Morgan fingerprint density at radius 1 is 0.917 bits per heavy atom. The Morgan fingerprint density at radius 2 is 1.53 bits per heavy atom. The number of halogens is 3. The molecular formula is C26H25F3N2O4S. The lowest BCUT2D eigenvalue weighted by Crippen LogP contribution is -2.41. The number of piperidine rings is 1. The Labute approximate surface area is 207 Å². The third-order valence-electron chi connectivity index (χ3n) is 6.01. The van der Waals surface area contributed by atoms with Crippen molar-refractivity contribution in [3.63, 3.8) is 0 Å². The first-order chi connectivity index (χ1) is 17.1. The van der Waals surface area contributed by atoms with Gasteiger partial charge >= 0.3 is 6.18 Å². The summed E-state index contributed by atoms with van der Waals surface area (Å²) in [5.41, 5.74) is 0.410. The second-order valence-corrected chi connectivity index (χ2v) is 10.4. The maximum Gasteiger partial charge on any atom is 0.417 e. The number of nitrogens with zero attached hydrogens (tertiary/aromatic N) is 1. The van der Waals surface area contributed by atoms with Crippen LogP contribution in [0.4, 0.5) is 18.9 Å². The number of anilines is 1. The number of carbonyl (C=O) groups excluding carboxylic acids is 1. The lowest BCUT2D eigenvalue weighted by Gasteiger charge is -2.31. The second kappa shape index (κ2) is 10.7. The smallest absolute Gasteiger partial charge is 0.417 e. The first-order valence-electron chi connectivity index (χ1n) is 11.4. The largest absolute Gasteiger partial charge is 0.489 e. The molecule has 6 nitrogen and oxygen atoms in total. The molecule has 10 heteroatoms. The van der Waals surface area contributed by atoms with Gasteiger partial charge in [-0.1, -0.05) is 42.5 Å². The molecule has 4 rings (SSSR count). The van der Waals surface area contributed by atoms with Crippen LogP contribution in [-0.4, -0.2) is 31.7 Å². The van der Waals surface area contributed by atoms with Crippen LogP contribution in [0, 0.1) is 5.92 Å². The van der Waals surface area contributed by atoms with Gasteiger partial charge in [0.1, 0.15) is 12.4 Å². The highest BCUT2D eigenvalue weighted by molar-refractivity contribution is 7.89. The van der Waals surface area contributed by atoms with Crippen LogP contribution in [0.2, 0.25) is 0 Å². The molecule has 36 heavy (non-hydrogen) atoms. The maximum absolute atomic E-state index is 13.3. The lowest BCUT2D eigenvalue weighted by atomic mass is 9.97. The molecular weight excluding hydrogens is 493 g/mol. The number of alkyl halides is 3. The number of ether oxygens (including phenoxy) is 1. The summed E-state index contributed by atoms with van der Waals surface area (Å²) in [6, 6.07) is 20.7. The van der Waals surface area contributed by atoms with Gasteiger partial charge in [0, 0.05) is 24.7 Å². The molecule has 0 aromatic heterocycles. The minimum atomic E-state index is -4.79. The zero-order valence-corrected chi connectivity index (χ0v) is 20.1. The van der Waals surface area contributed by atoms with Gasteiger partial charge in [0.2, 0.25) is 15.9 Å². The lowest BCUT2D eigenvalue weighted by molar-refractivity contribution is -0.139. The van der Waals surface area contributed by atoms with E-state index in [1.54, 1.807) is 24.3 Å². The molecule has 1 fully saturated rings. The Hall–Kier alpha value is -3.37. The van der Waals surface area contributed by atoms with Gasteiger partial charge < -0.3 is 10.1 Å². The number of carbonyl (C=O) groups is 1. The highest BCUT2D eigenvalue weighted by Crippen LogP contribution is 2.36. The van der Waals surface area contributed by atoms with Crippen LogP contribution >= 0.6 is 0 Å². The number of hydrogen-bond donors (Lipinski definition) is 1. The highest BCUT2D eigenvalue weighted by atomic mass is 32.2. The SMILES string of the molecule is O=C(Nc1ccc(OCc2ccccc2)cc1)C1CCN(S(=O)(=O)c2ccccc2C(F)(F)F)CC1. The first-order valence-corrected chi connectivity index (χ1v) is 12.8. The molecule has 190 valence electrons. The molecule has 1 N–H and O–H groups in total. The van der Waals surface area contributed by atoms with Crippen LogP contribution in [0.3, 0.4) is 0 Å². The van der Waals surface area contributed by atoms with Crippen molar-refractivity contribution in [3.8, 4) is 5.75 Å². The standard InChI is InChI=1S/C26H25F3N2O4S/c27-26(28,29)23-8-4-5-9-24(23)36(33,34)31-16-14-20(15-17-31)25(32)30-21-10-12-22(13-11-21)35-18-19-6-2-1-3-7-19/h1-13,20H,14-18H2,(H,30,32). The minimum absolute atomic E-state index is 0.0428. The molecule has 0 radical (unpaired) electrons. The molecule has 0 bridgehead atoms. The van der Waals surface area contributed by atoms with Gasteiger partial charge in [0.05, 0.1) is 10.5 Å². The van der Waals surface area contributed by atoms with E-state index in [1.807, 2.05) is 30.3 Å². The topological polar surface area (TPSA) is 75.7 Å². The van der Waals surface area contributed by atoms with Crippen molar-refractivity contribution in [2.45, 2.75) is 30.5 Å². The van der Waals surface area contributed by atoms with Gasteiger partial charge in [0.25, 0.3) is 0 Å². The van der Waals surface area contributed by atoms with Gasteiger partial charge in [-0.3, -0.25) is 4.79 Å². The van der Waals surface area contributed by atoms with Gasteiger partial charge in [-0.25, -0.2) is 8.42 Å². The summed E-state index contributed by atoms with van der Waals surface area (Å²) in [6.45, 7) is 0.333. The van der Waals surface area contributed by atoms with Crippen LogP contribution in [0.1, 0.15) is 24.0 Å². The average molecular weight is 519 g/mol. The van der Waals surface area contributed by atoms with Gasteiger partial charge in [-0.05, 0) is 54.8 Å². The van der Waals surface area contributed by atoms with Gasteiger partial charge in [-0.2, -0.15) is 17.5 Å². The maximum atomic E-state index is 13.3. The highest BCUT2D eigenvalue weighted by Gasteiger charge is 2.40. The predicted molar refractivity (Wildman–Crippen MR) is 129 cm³/mol. The number of amides is 1. The summed E-state index contributed by atoms with van der Waals surface area (Å²) in [4.78, 5) is 11.9. The molecule has 3 aromatic carbocycles. The summed E-state index contributed by atoms with van der Waals surface area (Å²) in [6.07, 6.45) is -4.38. The third-order valence-corrected chi connectivity index (χ3v) is 7.96. The van der Waals surface area contributed by atoms with Crippen molar-refractivity contribution in [1.82, 2.24) is 4.31 Å². The number of hydrogen-bond acceptors (Lipinski definition) is 4. The Balaban J connectivity index is 1.32. The summed E-state index contributed by atoms with van der Waals surface area (Å²) >= 11 is 0. The number of rotatable bonds is 7. The molecule has 1 heterocycles. The predicted octanol–water partition coefficient (Wildman–Crippen LogP) is 5.32. The molecule has 1 saturated heterocycles. The number of benzene rings is 3. The van der Waals surface area contributed by atoms with E-state index in [2.05, 4.69) is 5.32 Å². The van der Waals surface area contributed by atoms with Crippen LogP contribution in [0.5, 0.6) is 5.75 Å². The van der Waals surface area contributed by atoms with E-state index in [1.165, 1.54) is 6.07 Å². The number of nitrogens with one attached hydrogen (secondary N) is 1. The summed E-state index contributed by atoms with van der Waals surface area (Å²) in [5, 5.41) is 2.82. The van der Waals surface area contributed by atoms with Crippen LogP contribution in [0.25, 0.3) is 0 Å². The summed E-state index contributed by atoms with van der Waals surface area (Å²) in [7, 11) is -4.35. The Kier molecular flexibility index (Phi) is 7.65. The van der Waals surface area contributed by atoms with Crippen molar-refractivity contribution in [3.05, 3.63) is 90.0 Å². The first kappa shape index (κ1) is 25.7. The van der Waals surface area contributed by atoms with Gasteiger partial charge in [0.15, 0.2) is 0 Å². The van der Waals surface area contributed by atoms with Crippen molar-refractivity contribution in [2.24, 2.45) is 5.92 Å². The van der Waals surface area contributed by atoms with Crippen molar-refractivity contribution in [1.29, 1.82) is 0 Å². The van der Waals surface area contributed by atoms with Crippen LogP contribution in [0.15, 0.2) is 83.8 Å². The van der Waals surface area contributed by atoms with E-state index in [4.69, 9.17) is 4.74 Å². The molecule has 0 saturated carbocycles. The Bertz CT molecular complexity index is 1290. The molecule has 0 unspecified atom stereocenters. The van der Waals surface area contributed by atoms with Crippen molar-refractivity contribution < 1.29 is 31.1 Å². The molecule has 0 aliphatic carbocycles. The van der Waals surface area contributed by atoms with E-state index in [9.17, 15) is 26.4 Å². The fourth-order valence-corrected chi connectivity index (χ4v) is 5.72. The van der Waals surface area contributed by atoms with Crippen LogP contribution < -0.4 is 10.1 Å². The Morgan fingerprint density at radius 3 is 2.17 bits per heavy atom. The van der Waals surface area contributed by atoms with Crippen molar-refractivity contribution in [2.75, 3.05) is 18.4 Å². The van der Waals surface area contributed by atoms with Crippen molar-refractivity contribution >= 4 is 21.6 Å². The van der Waals surface area contributed by atoms with E-state index in [-0.39, 0.29) is 31.8 Å². The van der Waals surface area contributed by atoms with Gasteiger partial charge in [-0.15, -0.1) is 0 Å². The molecule has 1 aliphatic heterocycles. The monoisotopic (exact) mass is 518 g/mol. The molecule has 0 spiro atoms. The third kappa shape index (κ3) is 6.06. The summed E-state index contributed by atoms with van der Waals surface area (Å²) < 4.78 is 72.5. The number of sulfonamides is 1. The second-order valence-electron chi connectivity index (χ2n) is 8.46. The zero-order valence-electron chi connectivity index (χ0n) is 19.2. The normalized spacial score (nSPS) is 15.4. The van der Waals surface area contributed by atoms with E-state index < -0.39 is 32.6 Å². The quantitative estimate of drug-likeness (QED) is 0.459. The van der Waals surface area contributed by atoms with E-state index in [0.29, 0.717) is 18.0 Å². The fourth-order valence-electron chi connectivity index (χ4n) is 4.04.